The van der Waals surface area contributed by atoms with Crippen molar-refractivity contribution in [3.05, 3.63) is 42.2 Å². The Morgan fingerprint density at radius 2 is 2.00 bits per heavy atom. The zero-order chi connectivity index (χ0) is 31.3. The van der Waals surface area contributed by atoms with Crippen LogP contribution in [0.3, 0.4) is 0 Å². The van der Waals surface area contributed by atoms with Crippen LogP contribution in [-0.2, 0) is 14.8 Å². The van der Waals surface area contributed by atoms with Gasteiger partial charge in [0.1, 0.15) is 17.8 Å². The van der Waals surface area contributed by atoms with E-state index in [9.17, 15) is 12.8 Å². The number of anilines is 4. The van der Waals surface area contributed by atoms with Crippen LogP contribution in [-0.4, -0.2) is 92.0 Å². The highest BCUT2D eigenvalue weighted by Crippen LogP contribution is 2.39. The first-order chi connectivity index (χ1) is 20.2. The van der Waals surface area contributed by atoms with E-state index in [1.54, 1.807) is 23.4 Å². The maximum atomic E-state index is 14.5. The highest BCUT2D eigenvalue weighted by atomic mass is 32.2. The molecule has 2 aliphatic heterocycles. The molecule has 2 aromatic heterocycles. The number of aromatic nitrogens is 3. The normalized spacial score (nSPS) is 25.1. The zero-order valence-electron chi connectivity index (χ0n) is 26.4. The molecular weight excluding hydrogens is 533 g/mol. The number of alkyl halides is 1. The summed E-state index contributed by atoms with van der Waals surface area (Å²) < 4.78 is 68.5. The van der Waals surface area contributed by atoms with Crippen molar-refractivity contribution in [2.45, 2.75) is 57.5 Å². The van der Waals surface area contributed by atoms with Gasteiger partial charge in [-0.3, -0.25) is 0 Å². The van der Waals surface area contributed by atoms with E-state index in [2.05, 4.69) is 34.1 Å². The van der Waals surface area contributed by atoms with Gasteiger partial charge in [0, 0.05) is 60.8 Å². The van der Waals surface area contributed by atoms with Gasteiger partial charge in [-0.15, -0.1) is 0 Å². The fourth-order valence-corrected chi connectivity index (χ4v) is 6.26. The van der Waals surface area contributed by atoms with Crippen molar-refractivity contribution in [2.24, 2.45) is 0 Å². The first-order valence-electron chi connectivity index (χ1n) is 14.9. The van der Waals surface area contributed by atoms with E-state index < -0.39 is 35.3 Å². The second-order valence-electron chi connectivity index (χ2n) is 10.9. The lowest BCUT2D eigenvalue weighted by atomic mass is 9.92. The molecule has 216 valence electrons. The summed E-state index contributed by atoms with van der Waals surface area (Å²) in [5.41, 5.74) is 1.96. The number of hydrogen-bond acceptors (Lipinski definition) is 9. The van der Waals surface area contributed by atoms with Gasteiger partial charge in [0.05, 0.1) is 24.9 Å². The van der Waals surface area contributed by atoms with E-state index in [0.717, 1.165) is 28.3 Å². The predicted molar refractivity (Wildman–Crippen MR) is 157 cm³/mol. The summed E-state index contributed by atoms with van der Waals surface area (Å²) in [5.74, 6) is 1.72. The molecule has 4 atom stereocenters. The molecule has 1 aromatic carbocycles. The lowest BCUT2D eigenvalue weighted by molar-refractivity contribution is 0.0194. The van der Waals surface area contributed by atoms with Gasteiger partial charge in [0.25, 0.3) is 0 Å². The molecule has 0 saturated carbocycles. The topological polar surface area (TPSA) is 104 Å². The van der Waals surface area contributed by atoms with Crippen LogP contribution in [0.15, 0.2) is 36.7 Å². The van der Waals surface area contributed by atoms with Crippen molar-refractivity contribution in [1.29, 1.82) is 0 Å². The average Bonchev–Trinajstić information content (AvgIpc) is 2.93. The minimum atomic E-state index is -3.95. The quantitative estimate of drug-likeness (QED) is 0.429. The minimum Gasteiger partial charge on any atom is -0.378 e. The van der Waals surface area contributed by atoms with Gasteiger partial charge in [-0.25, -0.2) is 22.8 Å². The van der Waals surface area contributed by atoms with Gasteiger partial charge >= 0.3 is 0 Å². The molecule has 12 heteroatoms. The average molecular weight is 575 g/mol. The van der Waals surface area contributed by atoms with Gasteiger partial charge in [-0.05, 0) is 48.4 Å². The lowest BCUT2D eigenvalue weighted by Crippen LogP contribution is -2.65. The highest BCUT2D eigenvalue weighted by molar-refractivity contribution is 7.88. The number of piperidine rings is 1. The predicted octanol–water partition coefficient (Wildman–Crippen LogP) is 3.92. The number of nitrogens with zero attached hydrogens (tertiary/aromatic N) is 6. The van der Waals surface area contributed by atoms with Crippen molar-refractivity contribution in [3.63, 3.8) is 0 Å². The van der Waals surface area contributed by atoms with Crippen molar-refractivity contribution in [1.82, 2.24) is 19.3 Å². The standard InChI is InChI=1S/C28H38FN7O3S/c1-17(2)19-7-8-23(36-16-24(18(36)3)34(4)40(6,37)38)21-14-31-27(13-20(19)21)32-26-9-11-30-28(33-26)35-12-10-25(39-5)22(29)15-35/h7-9,11,13-14,17-18,22,24-25H,10,12,15-16H2,1-6H3,(H,30,31,32,33)/t18-,22?,24+,25?/m1/s1/i4D3. The van der Waals surface area contributed by atoms with Gasteiger partial charge in [0.2, 0.25) is 16.0 Å². The third-order valence-corrected chi connectivity index (χ3v) is 8.89. The van der Waals surface area contributed by atoms with Crippen molar-refractivity contribution in [3.8, 4) is 0 Å². The molecule has 10 nitrogen and oxygen atoms in total. The van der Waals surface area contributed by atoms with Crippen molar-refractivity contribution < 1.29 is 21.7 Å². The lowest BCUT2D eigenvalue weighted by Gasteiger charge is -2.51. The Morgan fingerprint density at radius 1 is 1.20 bits per heavy atom. The Morgan fingerprint density at radius 3 is 2.65 bits per heavy atom. The first kappa shape index (κ1) is 24.7. The summed E-state index contributed by atoms with van der Waals surface area (Å²) in [6.45, 7) is 4.26. The first-order valence-corrected chi connectivity index (χ1v) is 15.2. The Bertz CT molecular complexity index is 1590. The van der Waals surface area contributed by atoms with E-state index in [1.807, 2.05) is 30.0 Å². The smallest absolute Gasteiger partial charge is 0.227 e. The summed E-state index contributed by atoms with van der Waals surface area (Å²) >= 11 is 0. The molecule has 2 aliphatic rings. The molecular formula is C28H38FN7O3S. The number of ether oxygens (including phenoxy) is 1. The molecule has 0 amide bonds. The highest BCUT2D eigenvalue weighted by Gasteiger charge is 2.41. The number of fused-ring (bicyclic) bond motifs is 1. The van der Waals surface area contributed by atoms with Gasteiger partial charge in [0.15, 0.2) is 0 Å². The number of likely N-dealkylation sites (N-methyl/N-ethyl adjacent to an activating group) is 1. The van der Waals surface area contributed by atoms with Crippen LogP contribution in [0.1, 0.15) is 42.8 Å². The molecule has 5 rings (SSSR count). The number of benzene rings is 1. The maximum absolute atomic E-state index is 14.5. The van der Waals surface area contributed by atoms with Crippen LogP contribution >= 0.6 is 0 Å². The van der Waals surface area contributed by atoms with Crippen LogP contribution in [0.5, 0.6) is 0 Å². The van der Waals surface area contributed by atoms with E-state index in [-0.39, 0.29) is 25.0 Å². The van der Waals surface area contributed by atoms with E-state index in [4.69, 9.17) is 8.85 Å². The summed E-state index contributed by atoms with van der Waals surface area (Å²) in [4.78, 5) is 17.4. The number of hydrogen-bond donors (Lipinski definition) is 1. The monoisotopic (exact) mass is 574 g/mol. The summed E-state index contributed by atoms with van der Waals surface area (Å²) in [6.07, 6.45) is 3.31. The van der Waals surface area contributed by atoms with E-state index in [0.29, 0.717) is 34.9 Å². The Labute approximate surface area is 239 Å². The van der Waals surface area contributed by atoms with Crippen molar-refractivity contribution >= 4 is 44.1 Å². The molecule has 2 saturated heterocycles. The number of halogens is 1. The summed E-state index contributed by atoms with van der Waals surface area (Å²) in [7, 11) is -2.43. The second kappa shape index (κ2) is 11.1. The third-order valence-electron chi connectivity index (χ3n) is 7.90. The minimum absolute atomic E-state index is 0.154. The number of methoxy groups -OCH3 is 1. The molecule has 0 bridgehead atoms. The number of sulfonamides is 1. The van der Waals surface area contributed by atoms with E-state index in [1.165, 1.54) is 7.11 Å². The molecule has 4 heterocycles. The maximum Gasteiger partial charge on any atom is 0.227 e. The number of rotatable bonds is 8. The Balaban J connectivity index is 1.41. The Kier molecular flexibility index (Phi) is 6.82. The fraction of sp³-hybridized carbons (Fsp3) is 0.536. The molecule has 2 unspecified atom stereocenters. The molecule has 3 aromatic rings. The molecule has 1 N–H and O–H groups in total. The third kappa shape index (κ3) is 5.44. The van der Waals surface area contributed by atoms with Gasteiger partial charge in [-0.1, -0.05) is 19.9 Å². The van der Waals surface area contributed by atoms with Gasteiger partial charge < -0.3 is 19.9 Å². The number of nitrogens with one attached hydrogen (secondary N) is 1. The van der Waals surface area contributed by atoms with Crippen LogP contribution in [0, 0.1) is 0 Å². The van der Waals surface area contributed by atoms with Crippen LogP contribution in [0.4, 0.5) is 27.7 Å². The second-order valence-corrected chi connectivity index (χ2v) is 12.7. The van der Waals surface area contributed by atoms with Crippen LogP contribution in [0.25, 0.3) is 10.8 Å². The fourth-order valence-electron chi connectivity index (χ4n) is 5.52. The SMILES string of the molecule is [2H]C([2H])([2H])N([C@H]1CN(c2ccc(C(C)C)c3cc(Nc4ccnc(N5CCC(OC)C(F)C5)n4)ncc23)[C@@H]1C)S(C)(=O)=O. The molecule has 40 heavy (non-hydrogen) atoms. The molecule has 0 spiro atoms. The summed E-state index contributed by atoms with van der Waals surface area (Å²) in [6, 6.07) is 6.66. The Hall–Kier alpha value is -3.09. The number of pyridine rings is 1. The van der Waals surface area contributed by atoms with Crippen LogP contribution < -0.4 is 15.1 Å². The summed E-state index contributed by atoms with van der Waals surface area (Å²) in [5, 5.41) is 5.10. The zero-order valence-corrected chi connectivity index (χ0v) is 24.2. The van der Waals surface area contributed by atoms with Gasteiger partial charge in [-0.2, -0.15) is 9.29 Å². The largest absolute Gasteiger partial charge is 0.378 e. The molecule has 0 radical (unpaired) electrons. The van der Waals surface area contributed by atoms with Crippen molar-refractivity contribution in [2.75, 3.05) is 55.1 Å². The van der Waals surface area contributed by atoms with E-state index >= 15 is 0 Å². The molecule has 0 aliphatic carbocycles. The van der Waals surface area contributed by atoms with Crippen LogP contribution in [0.2, 0.25) is 0 Å². The molecule has 2 fully saturated rings.